The molecule has 1 saturated heterocycles. The minimum atomic E-state index is -3.83. The molecule has 0 aliphatic carbocycles. The van der Waals surface area contributed by atoms with Crippen LogP contribution in [0.4, 0.5) is 4.39 Å². The number of halogens is 1. The van der Waals surface area contributed by atoms with E-state index in [1.807, 2.05) is 0 Å². The first-order valence-electron chi connectivity index (χ1n) is 9.19. The minimum Gasteiger partial charge on any atom is -0.336 e. The van der Waals surface area contributed by atoms with Gasteiger partial charge in [-0.05, 0) is 42.5 Å². The van der Waals surface area contributed by atoms with Crippen LogP contribution in [0.3, 0.4) is 0 Å². The van der Waals surface area contributed by atoms with E-state index in [9.17, 15) is 17.6 Å². The van der Waals surface area contributed by atoms with E-state index in [-0.39, 0.29) is 16.5 Å². The first kappa shape index (κ1) is 20.6. The molecule has 7 nitrogen and oxygen atoms in total. The summed E-state index contributed by atoms with van der Waals surface area (Å²) < 4.78 is 38.4. The van der Waals surface area contributed by atoms with Crippen LogP contribution in [0, 0.1) is 5.82 Å². The highest BCUT2D eigenvalue weighted by molar-refractivity contribution is 7.99. The molecule has 4 rings (SSSR count). The SMILES string of the molecule is NS(=O)(=O)c1ccc(-n2nc(C(=O)N3CCSCC3)cc2-c2cccc(F)c2)cc1. The van der Waals surface area contributed by atoms with Gasteiger partial charge in [-0.25, -0.2) is 22.6 Å². The highest BCUT2D eigenvalue weighted by atomic mass is 32.2. The third-order valence-electron chi connectivity index (χ3n) is 4.76. The van der Waals surface area contributed by atoms with Gasteiger partial charge in [0.25, 0.3) is 5.91 Å². The molecule has 2 N–H and O–H groups in total. The van der Waals surface area contributed by atoms with E-state index < -0.39 is 15.8 Å². The molecule has 0 unspecified atom stereocenters. The molecule has 0 radical (unpaired) electrons. The summed E-state index contributed by atoms with van der Waals surface area (Å²) >= 11 is 1.80. The van der Waals surface area contributed by atoms with Gasteiger partial charge < -0.3 is 4.90 Å². The zero-order valence-corrected chi connectivity index (χ0v) is 17.5. The predicted molar refractivity (Wildman–Crippen MR) is 114 cm³/mol. The number of carbonyl (C=O) groups is 1. The fourth-order valence-corrected chi connectivity index (χ4v) is 4.66. The van der Waals surface area contributed by atoms with Crippen LogP contribution in [-0.4, -0.2) is 53.6 Å². The first-order chi connectivity index (χ1) is 14.3. The lowest BCUT2D eigenvalue weighted by molar-refractivity contribution is 0.0766. The topological polar surface area (TPSA) is 98.3 Å². The third kappa shape index (κ3) is 4.25. The van der Waals surface area contributed by atoms with E-state index in [1.165, 1.54) is 28.9 Å². The number of nitrogens with two attached hydrogens (primary N) is 1. The molecule has 0 saturated carbocycles. The number of hydrogen-bond acceptors (Lipinski definition) is 5. The van der Waals surface area contributed by atoms with Gasteiger partial charge in [-0.1, -0.05) is 12.1 Å². The maximum absolute atomic E-state index is 13.8. The summed E-state index contributed by atoms with van der Waals surface area (Å²) in [4.78, 5) is 14.7. The quantitative estimate of drug-likeness (QED) is 0.664. The number of benzene rings is 2. The molecule has 156 valence electrons. The summed E-state index contributed by atoms with van der Waals surface area (Å²) in [7, 11) is -3.83. The zero-order valence-electron chi connectivity index (χ0n) is 15.9. The van der Waals surface area contributed by atoms with Crippen molar-refractivity contribution in [1.82, 2.24) is 14.7 Å². The average Bonchev–Trinajstić information content (AvgIpc) is 3.19. The predicted octanol–water partition coefficient (Wildman–Crippen LogP) is 2.51. The van der Waals surface area contributed by atoms with Crippen LogP contribution in [0.5, 0.6) is 0 Å². The van der Waals surface area contributed by atoms with E-state index in [1.54, 1.807) is 47.0 Å². The first-order valence-corrected chi connectivity index (χ1v) is 11.9. The van der Waals surface area contributed by atoms with Gasteiger partial charge in [-0.2, -0.15) is 16.9 Å². The molecule has 10 heteroatoms. The number of hydrogen-bond donors (Lipinski definition) is 1. The van der Waals surface area contributed by atoms with Crippen LogP contribution in [-0.2, 0) is 10.0 Å². The highest BCUT2D eigenvalue weighted by Gasteiger charge is 2.23. The molecule has 1 aliphatic rings. The van der Waals surface area contributed by atoms with Gasteiger partial charge >= 0.3 is 0 Å². The molecular weight excluding hydrogens is 427 g/mol. The number of carbonyl (C=O) groups excluding carboxylic acids is 1. The van der Waals surface area contributed by atoms with E-state index in [4.69, 9.17) is 5.14 Å². The van der Waals surface area contributed by atoms with E-state index in [0.717, 1.165) is 11.5 Å². The highest BCUT2D eigenvalue weighted by Crippen LogP contribution is 2.26. The van der Waals surface area contributed by atoms with Crippen molar-refractivity contribution in [2.75, 3.05) is 24.6 Å². The van der Waals surface area contributed by atoms with Gasteiger partial charge in [0.05, 0.1) is 16.3 Å². The Labute approximate surface area is 177 Å². The molecule has 1 aliphatic heterocycles. The van der Waals surface area contributed by atoms with Crippen LogP contribution in [0.1, 0.15) is 10.5 Å². The fourth-order valence-electron chi connectivity index (χ4n) is 3.24. The molecule has 1 amide bonds. The van der Waals surface area contributed by atoms with E-state index in [2.05, 4.69) is 5.10 Å². The lowest BCUT2D eigenvalue weighted by Crippen LogP contribution is -2.38. The summed E-state index contributed by atoms with van der Waals surface area (Å²) in [5.41, 5.74) is 1.84. The molecule has 2 heterocycles. The molecule has 3 aromatic rings. The van der Waals surface area contributed by atoms with Crippen molar-refractivity contribution in [3.05, 3.63) is 66.1 Å². The number of primary sulfonamides is 1. The Morgan fingerprint density at radius 1 is 1.07 bits per heavy atom. The lowest BCUT2D eigenvalue weighted by Gasteiger charge is -2.25. The Morgan fingerprint density at radius 3 is 2.40 bits per heavy atom. The minimum absolute atomic E-state index is 0.0344. The van der Waals surface area contributed by atoms with Crippen LogP contribution in [0.15, 0.2) is 59.5 Å². The van der Waals surface area contributed by atoms with Gasteiger partial charge in [0.2, 0.25) is 10.0 Å². The van der Waals surface area contributed by atoms with Crippen LogP contribution < -0.4 is 5.14 Å². The Bertz CT molecular complexity index is 1190. The van der Waals surface area contributed by atoms with Crippen LogP contribution in [0.2, 0.25) is 0 Å². The van der Waals surface area contributed by atoms with Crippen molar-refractivity contribution in [2.45, 2.75) is 4.90 Å². The summed E-state index contributed by atoms with van der Waals surface area (Å²) in [5.74, 6) is 1.15. The Kier molecular flexibility index (Phi) is 5.63. The Balaban J connectivity index is 1.79. The maximum Gasteiger partial charge on any atom is 0.274 e. The molecule has 0 bridgehead atoms. The van der Waals surface area contributed by atoms with Crippen LogP contribution in [0.25, 0.3) is 16.9 Å². The number of thioether (sulfide) groups is 1. The normalized spacial score (nSPS) is 14.7. The zero-order chi connectivity index (χ0) is 21.3. The van der Waals surface area contributed by atoms with E-state index >= 15 is 0 Å². The molecule has 1 fully saturated rings. The van der Waals surface area contributed by atoms with Gasteiger partial charge in [0.1, 0.15) is 5.82 Å². The average molecular weight is 447 g/mol. The summed E-state index contributed by atoms with van der Waals surface area (Å²) in [6.45, 7) is 1.30. The molecule has 0 spiro atoms. The second-order valence-corrected chi connectivity index (χ2v) is 9.57. The molecule has 30 heavy (non-hydrogen) atoms. The summed E-state index contributed by atoms with van der Waals surface area (Å²) in [6, 6.07) is 13.4. The molecule has 2 aromatic carbocycles. The van der Waals surface area contributed by atoms with Crippen LogP contribution >= 0.6 is 11.8 Å². The van der Waals surface area contributed by atoms with E-state index in [0.29, 0.717) is 30.0 Å². The van der Waals surface area contributed by atoms with Crippen molar-refractivity contribution in [3.8, 4) is 16.9 Å². The monoisotopic (exact) mass is 446 g/mol. The summed E-state index contributed by atoms with van der Waals surface area (Å²) in [5, 5.41) is 9.63. The van der Waals surface area contributed by atoms with Crippen molar-refractivity contribution in [1.29, 1.82) is 0 Å². The molecule has 0 atom stereocenters. The second kappa shape index (κ2) is 8.21. The lowest BCUT2D eigenvalue weighted by atomic mass is 10.1. The van der Waals surface area contributed by atoms with Crippen molar-refractivity contribution in [2.24, 2.45) is 5.14 Å². The van der Waals surface area contributed by atoms with Gasteiger partial charge in [0, 0.05) is 30.2 Å². The van der Waals surface area contributed by atoms with Crippen molar-refractivity contribution >= 4 is 27.7 Å². The van der Waals surface area contributed by atoms with Gasteiger partial charge in [-0.15, -0.1) is 0 Å². The number of sulfonamides is 1. The Morgan fingerprint density at radius 2 is 1.77 bits per heavy atom. The van der Waals surface area contributed by atoms with Gasteiger partial charge in [-0.3, -0.25) is 4.79 Å². The third-order valence-corrected chi connectivity index (χ3v) is 6.63. The number of nitrogens with zero attached hydrogens (tertiary/aromatic N) is 3. The van der Waals surface area contributed by atoms with Gasteiger partial charge in [0.15, 0.2) is 5.69 Å². The fraction of sp³-hybridized carbons (Fsp3) is 0.200. The number of rotatable bonds is 4. The standard InChI is InChI=1S/C20H19FN4O3S2/c21-15-3-1-2-14(12-15)19-13-18(20(26)24-8-10-29-11-9-24)23-25(19)16-4-6-17(7-5-16)30(22,27)28/h1-7,12-13H,8-11H2,(H2,22,27,28). The largest absolute Gasteiger partial charge is 0.336 e. The smallest absolute Gasteiger partial charge is 0.274 e. The maximum atomic E-state index is 13.8. The van der Waals surface area contributed by atoms with Crippen molar-refractivity contribution in [3.63, 3.8) is 0 Å². The second-order valence-electron chi connectivity index (χ2n) is 6.78. The number of aromatic nitrogens is 2. The molecule has 1 aromatic heterocycles. The molecular formula is C20H19FN4O3S2. The summed E-state index contributed by atoms with van der Waals surface area (Å²) in [6.07, 6.45) is 0. The number of amides is 1. The van der Waals surface area contributed by atoms with Crippen molar-refractivity contribution < 1.29 is 17.6 Å². The Hall–Kier alpha value is -2.69.